The van der Waals surface area contributed by atoms with Crippen molar-refractivity contribution in [3.8, 4) is 5.75 Å². The summed E-state index contributed by atoms with van der Waals surface area (Å²) in [6.07, 6.45) is 2.70. The summed E-state index contributed by atoms with van der Waals surface area (Å²) in [4.78, 5) is 0. The maximum Gasteiger partial charge on any atom is 0.118 e. The quantitative estimate of drug-likeness (QED) is 0.827. The van der Waals surface area contributed by atoms with Crippen molar-refractivity contribution in [2.45, 2.75) is 43.8 Å². The van der Waals surface area contributed by atoms with Gasteiger partial charge in [-0.3, -0.25) is 0 Å². The first-order chi connectivity index (χ1) is 7.95. The summed E-state index contributed by atoms with van der Waals surface area (Å²) in [6.45, 7) is 1.79. The molecule has 1 aliphatic rings. The molecule has 2 N–H and O–H groups in total. The van der Waals surface area contributed by atoms with Crippen molar-refractivity contribution in [2.75, 3.05) is 7.11 Å². The SMILES string of the molecule is COc1ccc([C@@]2(O)CCC[C@@](C)(O)C2)cc1. The van der Waals surface area contributed by atoms with Crippen LogP contribution in [0.4, 0.5) is 0 Å². The molecule has 0 aliphatic heterocycles. The molecular weight excluding hydrogens is 216 g/mol. The highest BCUT2D eigenvalue weighted by Gasteiger charge is 2.40. The normalized spacial score (nSPS) is 33.4. The molecule has 2 atom stereocenters. The van der Waals surface area contributed by atoms with E-state index >= 15 is 0 Å². The minimum absolute atomic E-state index is 0.395. The van der Waals surface area contributed by atoms with Gasteiger partial charge in [-0.25, -0.2) is 0 Å². The molecule has 0 unspecified atom stereocenters. The average Bonchev–Trinajstić information content (AvgIpc) is 2.27. The van der Waals surface area contributed by atoms with E-state index in [1.807, 2.05) is 24.3 Å². The molecule has 0 radical (unpaired) electrons. The molecule has 1 saturated carbocycles. The third-order valence-corrected chi connectivity index (χ3v) is 3.61. The zero-order chi connectivity index (χ0) is 12.5. The van der Waals surface area contributed by atoms with Crippen LogP contribution in [0.2, 0.25) is 0 Å². The predicted octanol–water partition coefficient (Wildman–Crippen LogP) is 2.21. The Kier molecular flexibility index (Phi) is 3.15. The summed E-state index contributed by atoms with van der Waals surface area (Å²) in [5, 5.41) is 20.7. The second-order valence-electron chi connectivity index (χ2n) is 5.29. The number of rotatable bonds is 2. The van der Waals surface area contributed by atoms with Crippen molar-refractivity contribution in [1.29, 1.82) is 0 Å². The van der Waals surface area contributed by atoms with Crippen molar-refractivity contribution in [3.05, 3.63) is 29.8 Å². The van der Waals surface area contributed by atoms with Crippen LogP contribution in [-0.4, -0.2) is 22.9 Å². The number of hydrogen-bond donors (Lipinski definition) is 2. The summed E-state index contributed by atoms with van der Waals surface area (Å²) >= 11 is 0. The van der Waals surface area contributed by atoms with Gasteiger partial charge in [0.15, 0.2) is 0 Å². The molecule has 0 heterocycles. The lowest BCUT2D eigenvalue weighted by Crippen LogP contribution is -2.41. The van der Waals surface area contributed by atoms with Gasteiger partial charge in [0, 0.05) is 6.42 Å². The lowest BCUT2D eigenvalue weighted by Gasteiger charge is -2.40. The Morgan fingerprint density at radius 2 is 1.76 bits per heavy atom. The first-order valence-corrected chi connectivity index (χ1v) is 6.05. The number of methoxy groups -OCH3 is 1. The molecule has 3 heteroatoms. The topological polar surface area (TPSA) is 49.7 Å². The summed E-state index contributed by atoms with van der Waals surface area (Å²) in [6, 6.07) is 7.44. The highest BCUT2D eigenvalue weighted by atomic mass is 16.5. The highest BCUT2D eigenvalue weighted by Crippen LogP contribution is 2.41. The Hall–Kier alpha value is -1.06. The van der Waals surface area contributed by atoms with E-state index in [1.54, 1.807) is 14.0 Å². The van der Waals surface area contributed by atoms with Gasteiger partial charge in [0.05, 0.1) is 18.3 Å². The fraction of sp³-hybridized carbons (Fsp3) is 0.571. The van der Waals surface area contributed by atoms with E-state index in [0.717, 1.165) is 24.2 Å². The first kappa shape index (κ1) is 12.4. The molecule has 1 aromatic rings. The third-order valence-electron chi connectivity index (χ3n) is 3.61. The molecule has 0 amide bonds. The number of ether oxygens (including phenoxy) is 1. The standard InChI is InChI=1S/C14H20O3/c1-13(15)8-3-9-14(16,10-13)11-4-6-12(17-2)7-5-11/h4-7,15-16H,3,8-10H2,1-2H3/t13-,14-/m1/s1. The smallest absolute Gasteiger partial charge is 0.118 e. The van der Waals surface area contributed by atoms with E-state index < -0.39 is 11.2 Å². The number of aliphatic hydroxyl groups is 2. The molecule has 2 rings (SSSR count). The largest absolute Gasteiger partial charge is 0.497 e. The van der Waals surface area contributed by atoms with Gasteiger partial charge in [0.1, 0.15) is 5.75 Å². The molecule has 17 heavy (non-hydrogen) atoms. The lowest BCUT2D eigenvalue weighted by atomic mass is 9.73. The summed E-state index contributed by atoms with van der Waals surface area (Å²) < 4.78 is 5.10. The van der Waals surface area contributed by atoms with Gasteiger partial charge < -0.3 is 14.9 Å². The second-order valence-corrected chi connectivity index (χ2v) is 5.29. The van der Waals surface area contributed by atoms with Crippen LogP contribution < -0.4 is 4.74 Å². The Labute approximate surface area is 102 Å². The van der Waals surface area contributed by atoms with Crippen LogP contribution >= 0.6 is 0 Å². The van der Waals surface area contributed by atoms with Crippen LogP contribution in [0.5, 0.6) is 5.75 Å². The van der Waals surface area contributed by atoms with E-state index in [2.05, 4.69) is 0 Å². The molecule has 0 saturated heterocycles. The Morgan fingerprint density at radius 3 is 2.29 bits per heavy atom. The highest BCUT2D eigenvalue weighted by molar-refractivity contribution is 5.31. The van der Waals surface area contributed by atoms with Gasteiger partial charge in [-0.2, -0.15) is 0 Å². The molecule has 3 nitrogen and oxygen atoms in total. The maximum absolute atomic E-state index is 10.6. The van der Waals surface area contributed by atoms with E-state index in [1.165, 1.54) is 0 Å². The molecule has 0 spiro atoms. The van der Waals surface area contributed by atoms with Crippen LogP contribution in [0, 0.1) is 0 Å². The minimum Gasteiger partial charge on any atom is -0.497 e. The Morgan fingerprint density at radius 1 is 1.12 bits per heavy atom. The van der Waals surface area contributed by atoms with Crippen molar-refractivity contribution < 1.29 is 14.9 Å². The summed E-state index contributed by atoms with van der Waals surface area (Å²) in [5.41, 5.74) is -0.820. The van der Waals surface area contributed by atoms with Gasteiger partial charge in [0.25, 0.3) is 0 Å². The van der Waals surface area contributed by atoms with E-state index in [0.29, 0.717) is 12.8 Å². The maximum atomic E-state index is 10.6. The van der Waals surface area contributed by atoms with Crippen molar-refractivity contribution in [1.82, 2.24) is 0 Å². The number of benzene rings is 1. The van der Waals surface area contributed by atoms with Crippen LogP contribution in [0.15, 0.2) is 24.3 Å². The van der Waals surface area contributed by atoms with E-state index in [4.69, 9.17) is 4.74 Å². The van der Waals surface area contributed by atoms with E-state index in [9.17, 15) is 10.2 Å². The molecule has 1 aliphatic carbocycles. The fourth-order valence-electron chi connectivity index (χ4n) is 2.72. The van der Waals surface area contributed by atoms with Crippen LogP contribution in [0.1, 0.15) is 38.2 Å². The molecular formula is C14H20O3. The van der Waals surface area contributed by atoms with Crippen LogP contribution in [0.25, 0.3) is 0 Å². The van der Waals surface area contributed by atoms with Crippen molar-refractivity contribution in [3.63, 3.8) is 0 Å². The van der Waals surface area contributed by atoms with Crippen LogP contribution in [-0.2, 0) is 5.60 Å². The van der Waals surface area contributed by atoms with Gasteiger partial charge in [-0.15, -0.1) is 0 Å². The molecule has 1 fully saturated rings. The predicted molar refractivity (Wildman–Crippen MR) is 66.0 cm³/mol. The van der Waals surface area contributed by atoms with Gasteiger partial charge in [0.2, 0.25) is 0 Å². The van der Waals surface area contributed by atoms with Crippen LogP contribution in [0.3, 0.4) is 0 Å². The summed E-state index contributed by atoms with van der Waals surface area (Å²) in [7, 11) is 1.62. The van der Waals surface area contributed by atoms with Gasteiger partial charge >= 0.3 is 0 Å². The van der Waals surface area contributed by atoms with Gasteiger partial charge in [-0.05, 0) is 43.9 Å². The number of hydrogen-bond acceptors (Lipinski definition) is 3. The van der Waals surface area contributed by atoms with Crippen molar-refractivity contribution in [2.24, 2.45) is 0 Å². The third kappa shape index (κ3) is 2.61. The summed E-state index contributed by atoms with van der Waals surface area (Å²) in [5.74, 6) is 0.778. The monoisotopic (exact) mass is 236 g/mol. The molecule has 1 aromatic carbocycles. The molecule has 0 aromatic heterocycles. The van der Waals surface area contributed by atoms with Crippen molar-refractivity contribution >= 4 is 0 Å². The first-order valence-electron chi connectivity index (χ1n) is 6.05. The molecule has 94 valence electrons. The molecule has 0 bridgehead atoms. The Balaban J connectivity index is 2.24. The average molecular weight is 236 g/mol. The van der Waals surface area contributed by atoms with Gasteiger partial charge in [-0.1, -0.05) is 12.1 Å². The lowest BCUT2D eigenvalue weighted by molar-refractivity contribution is -0.0958. The Bertz CT molecular complexity index is 383. The fourth-order valence-corrected chi connectivity index (χ4v) is 2.72. The zero-order valence-corrected chi connectivity index (χ0v) is 10.4. The zero-order valence-electron chi connectivity index (χ0n) is 10.4. The minimum atomic E-state index is -0.909. The van der Waals surface area contributed by atoms with E-state index in [-0.39, 0.29) is 0 Å². The second kappa shape index (κ2) is 4.31.